The number of ketones is 1. The average Bonchev–Trinajstić information content (AvgIpc) is 2.80. The molecule has 0 bridgehead atoms. The first-order valence-corrected chi connectivity index (χ1v) is 11.0. The van der Waals surface area contributed by atoms with Gasteiger partial charge in [0.2, 0.25) is 11.9 Å². The Morgan fingerprint density at radius 3 is 2.18 bits per heavy atom. The van der Waals surface area contributed by atoms with Gasteiger partial charge in [-0.25, -0.2) is 19.9 Å². The van der Waals surface area contributed by atoms with Gasteiger partial charge in [0, 0.05) is 0 Å². The van der Waals surface area contributed by atoms with Gasteiger partial charge in [-0.2, -0.15) is 4.99 Å². The zero-order chi connectivity index (χ0) is 28.6. The van der Waals surface area contributed by atoms with E-state index < -0.39 is 35.4 Å². The van der Waals surface area contributed by atoms with Crippen LogP contribution < -0.4 is 44.2 Å². The molecule has 2 aromatic heterocycles. The lowest BCUT2D eigenvalue weighted by Gasteiger charge is -2.11. The Labute approximate surface area is 223 Å². The minimum absolute atomic E-state index is 0.0454. The third-order valence-corrected chi connectivity index (χ3v) is 4.75. The maximum absolute atomic E-state index is 12.2. The molecule has 0 aliphatic rings. The number of halogens is 2. The minimum atomic E-state index is -0.952. The number of Topliss-reactive ketones (excluding diaryl/α,β-unsaturated/α-hetero) is 1. The number of nitrogens with two attached hydrogens (primary N) is 4. The van der Waals surface area contributed by atoms with E-state index in [-0.39, 0.29) is 58.8 Å². The largest absolute Gasteiger partial charge is 0.382 e. The highest BCUT2D eigenvalue weighted by Crippen LogP contribution is 2.21. The lowest BCUT2D eigenvalue weighted by atomic mass is 10.3. The third kappa shape index (κ3) is 8.47. The fourth-order valence-corrected chi connectivity index (χ4v) is 2.82. The van der Waals surface area contributed by atoms with Crippen molar-refractivity contribution in [2.75, 3.05) is 36.4 Å². The van der Waals surface area contributed by atoms with Gasteiger partial charge >= 0.3 is 5.91 Å². The van der Waals surface area contributed by atoms with E-state index in [4.69, 9.17) is 51.5 Å². The molecule has 0 aliphatic heterocycles. The van der Waals surface area contributed by atoms with Gasteiger partial charge in [0.05, 0.1) is 25.3 Å². The second-order valence-corrected chi connectivity index (χ2v) is 7.86. The molecule has 2 rings (SSSR count). The zero-order valence-electron chi connectivity index (χ0n) is 19.6. The summed E-state index contributed by atoms with van der Waals surface area (Å²) in [5.74, 6) is -4.81. The van der Waals surface area contributed by atoms with E-state index in [0.717, 1.165) is 0 Å². The van der Waals surface area contributed by atoms with Gasteiger partial charge < -0.3 is 33.6 Å². The van der Waals surface area contributed by atoms with Crippen molar-refractivity contribution in [1.82, 2.24) is 35.9 Å². The maximum Gasteiger partial charge on any atom is 0.302 e. The van der Waals surface area contributed by atoms with E-state index in [2.05, 4.69) is 46.2 Å². The van der Waals surface area contributed by atoms with Crippen LogP contribution in [0.5, 0.6) is 0 Å². The summed E-state index contributed by atoms with van der Waals surface area (Å²) in [5, 5.41) is 16.7. The van der Waals surface area contributed by atoms with E-state index in [1.54, 1.807) is 6.92 Å². The molecule has 0 radical (unpaired) electrons. The Morgan fingerprint density at radius 1 is 0.895 bits per heavy atom. The summed E-state index contributed by atoms with van der Waals surface area (Å²) in [6.07, 6.45) is 0. The fourth-order valence-electron chi connectivity index (χ4n) is 2.50. The van der Waals surface area contributed by atoms with E-state index >= 15 is 0 Å². The number of nitrogen functional groups attached to an aromatic ring is 2. The Kier molecular flexibility index (Phi) is 10.1. The quantitative estimate of drug-likeness (QED) is 0.111. The number of carbonyl (C=O) groups excluding carboxylic acids is 4. The van der Waals surface area contributed by atoms with Gasteiger partial charge in [0.15, 0.2) is 50.9 Å². The number of carbonyl (C=O) groups is 4. The number of hydrogen-bond acceptors (Lipinski definition) is 13. The van der Waals surface area contributed by atoms with Gasteiger partial charge in [-0.1, -0.05) is 23.2 Å². The molecule has 2 heterocycles. The topological polar surface area (TPSA) is 308 Å². The van der Waals surface area contributed by atoms with Gasteiger partial charge in [0.1, 0.15) is 0 Å². The number of nitrogens with zero attached hydrogens (tertiary/aromatic N) is 5. The van der Waals surface area contributed by atoms with Crippen molar-refractivity contribution in [3.8, 4) is 0 Å². The molecule has 13 N–H and O–H groups in total. The number of hydrogen-bond donors (Lipinski definition) is 9. The number of anilines is 3. The number of aromatic nitrogens is 4. The predicted octanol–water partition coefficient (Wildman–Crippen LogP) is -2.49. The summed E-state index contributed by atoms with van der Waals surface area (Å²) < 4.78 is 0. The zero-order valence-corrected chi connectivity index (χ0v) is 21.1. The predicted molar refractivity (Wildman–Crippen MR) is 137 cm³/mol. The van der Waals surface area contributed by atoms with E-state index in [1.807, 2.05) is 0 Å². The third-order valence-electron chi connectivity index (χ3n) is 4.13. The normalized spacial score (nSPS) is 10.3. The number of amides is 3. The van der Waals surface area contributed by atoms with E-state index in [0.29, 0.717) is 5.69 Å². The van der Waals surface area contributed by atoms with Crippen LogP contribution in [0.3, 0.4) is 0 Å². The molecular weight excluding hydrogens is 547 g/mol. The monoisotopic (exact) mass is 568 g/mol. The second kappa shape index (κ2) is 13.0. The van der Waals surface area contributed by atoms with E-state index in [9.17, 15) is 19.2 Å². The van der Waals surface area contributed by atoms with Gasteiger partial charge in [-0.15, -0.1) is 0 Å². The summed E-state index contributed by atoms with van der Waals surface area (Å²) in [4.78, 5) is 66.6. The van der Waals surface area contributed by atoms with Crippen LogP contribution in [0.2, 0.25) is 10.3 Å². The molecule has 3 amide bonds. The van der Waals surface area contributed by atoms with Crippen LogP contribution in [0.15, 0.2) is 4.99 Å². The average molecular weight is 569 g/mol. The number of aryl methyl sites for hydroxylation is 1. The lowest BCUT2D eigenvalue weighted by molar-refractivity contribution is -0.119. The molecule has 18 nitrogen and oxygen atoms in total. The van der Waals surface area contributed by atoms with Crippen LogP contribution in [0.4, 0.5) is 17.5 Å². The molecular formula is C18H22Cl2N14O4. The number of rotatable bonds is 9. The highest BCUT2D eigenvalue weighted by Gasteiger charge is 2.19. The molecule has 38 heavy (non-hydrogen) atoms. The molecule has 0 aliphatic carbocycles. The van der Waals surface area contributed by atoms with Crippen molar-refractivity contribution in [2.45, 2.75) is 6.92 Å². The molecule has 0 aromatic carbocycles. The van der Waals surface area contributed by atoms with Crippen molar-refractivity contribution in [3.63, 3.8) is 0 Å². The first kappa shape index (κ1) is 29.5. The lowest BCUT2D eigenvalue weighted by Crippen LogP contribution is -2.47. The molecule has 0 fully saturated rings. The molecule has 0 unspecified atom stereocenters. The number of nitrogens with one attached hydrogen (secondary N) is 5. The molecule has 0 spiro atoms. The summed E-state index contributed by atoms with van der Waals surface area (Å²) in [6.45, 7) is 0.602. The number of aliphatic imine (C=N–C) groups is 1. The summed E-state index contributed by atoms with van der Waals surface area (Å²) in [7, 11) is 0. The van der Waals surface area contributed by atoms with Crippen LogP contribution in [-0.2, 0) is 9.59 Å². The Morgan fingerprint density at radius 2 is 1.53 bits per heavy atom. The fraction of sp³-hybridized carbons (Fsp3) is 0.222. The van der Waals surface area contributed by atoms with Gasteiger partial charge in [-0.05, 0) is 6.92 Å². The highest BCUT2D eigenvalue weighted by molar-refractivity contribution is 6.32. The molecule has 2 aromatic rings. The summed E-state index contributed by atoms with van der Waals surface area (Å²) >= 11 is 11.8. The molecule has 20 heteroatoms. The molecule has 202 valence electrons. The van der Waals surface area contributed by atoms with Gasteiger partial charge in [0.25, 0.3) is 5.91 Å². The summed E-state index contributed by atoms with van der Waals surface area (Å²) in [6, 6.07) is 0. The van der Waals surface area contributed by atoms with Crippen LogP contribution in [0.25, 0.3) is 0 Å². The molecule has 0 atom stereocenters. The van der Waals surface area contributed by atoms with Crippen molar-refractivity contribution < 1.29 is 19.2 Å². The van der Waals surface area contributed by atoms with Crippen LogP contribution in [-0.4, -0.2) is 75.0 Å². The van der Waals surface area contributed by atoms with Crippen molar-refractivity contribution in [3.05, 3.63) is 27.4 Å². The first-order valence-electron chi connectivity index (χ1n) is 10.2. The standard InChI is InChI=1S/C18H22Cl2N14O4/c1-5-10(19)30-8(12(21)28-5)16(38)34-18(25)29-7(36)4-26-2-6(35)3-27-14-11(20)31-9(13(22)32-14)15(37)33-17(23)24/h26H,2-4H2,1H3,(H2,21,28)(H3,22,27,32)(H4,23,24,33,37)(H3,25,29,34,36,38). The SMILES string of the molecule is Cc1nc(N)c(C(=O)NC(=N)NC(=O)CNCC(=O)CNc2nc(N)c(C(=O)N=C(N)N)nc2Cl)nc1Cl. The van der Waals surface area contributed by atoms with Crippen LogP contribution in [0.1, 0.15) is 26.7 Å². The van der Waals surface area contributed by atoms with Crippen LogP contribution in [0, 0.1) is 12.3 Å². The smallest absolute Gasteiger partial charge is 0.302 e. The Bertz CT molecular complexity index is 1330. The molecule has 0 saturated heterocycles. The van der Waals surface area contributed by atoms with Crippen LogP contribution >= 0.6 is 23.2 Å². The van der Waals surface area contributed by atoms with E-state index in [1.165, 1.54) is 0 Å². The van der Waals surface area contributed by atoms with Gasteiger partial charge in [-0.3, -0.25) is 35.2 Å². The van der Waals surface area contributed by atoms with Crippen molar-refractivity contribution in [1.29, 1.82) is 5.41 Å². The summed E-state index contributed by atoms with van der Waals surface area (Å²) in [5.41, 5.74) is 21.2. The first-order chi connectivity index (χ1) is 17.8. The second-order valence-electron chi connectivity index (χ2n) is 7.15. The minimum Gasteiger partial charge on any atom is -0.382 e. The maximum atomic E-state index is 12.2. The Hall–Kier alpha value is -4.68. The van der Waals surface area contributed by atoms with Crippen molar-refractivity contribution in [2.24, 2.45) is 16.5 Å². The Balaban J connectivity index is 1.79. The van der Waals surface area contributed by atoms with Crippen molar-refractivity contribution >= 4 is 76.1 Å². The molecule has 0 saturated carbocycles. The number of guanidine groups is 2. The highest BCUT2D eigenvalue weighted by atomic mass is 35.5.